The van der Waals surface area contributed by atoms with Gasteiger partial charge in [0.1, 0.15) is 16.7 Å². The van der Waals surface area contributed by atoms with Crippen LogP contribution in [0.25, 0.3) is 0 Å². The largest absolute Gasteiger partial charge is 0.382 e. The number of benzene rings is 1. The molecule has 2 atom stereocenters. The van der Waals surface area contributed by atoms with E-state index in [0.29, 0.717) is 10.8 Å². The molecule has 36 heavy (non-hydrogen) atoms. The van der Waals surface area contributed by atoms with Crippen molar-refractivity contribution in [1.82, 2.24) is 19.7 Å². The maximum Gasteiger partial charge on any atom is 0.147 e. The number of nitrogens with zero attached hydrogens (tertiary/aromatic N) is 4. The summed E-state index contributed by atoms with van der Waals surface area (Å²) >= 11 is 7.69. The van der Waals surface area contributed by atoms with Gasteiger partial charge in [0.05, 0.1) is 39.2 Å². The van der Waals surface area contributed by atoms with E-state index in [9.17, 15) is 4.21 Å². The lowest BCUT2D eigenvalue weighted by atomic mass is 9.73. The topological polar surface area (TPSA) is 97.0 Å². The Kier molecular flexibility index (Phi) is 7.02. The number of nitrogens with one attached hydrogen (secondary N) is 1. The van der Waals surface area contributed by atoms with Gasteiger partial charge in [-0.1, -0.05) is 47.6 Å². The van der Waals surface area contributed by atoms with Gasteiger partial charge in [-0.2, -0.15) is 0 Å². The first-order valence-electron chi connectivity index (χ1n) is 12.1. The van der Waals surface area contributed by atoms with Crippen molar-refractivity contribution < 1.29 is 4.21 Å². The third-order valence-corrected chi connectivity index (χ3v) is 10.1. The van der Waals surface area contributed by atoms with E-state index in [1.54, 1.807) is 12.4 Å². The van der Waals surface area contributed by atoms with Crippen molar-refractivity contribution in [2.75, 3.05) is 23.7 Å². The molecule has 3 aromatic rings. The van der Waals surface area contributed by atoms with Gasteiger partial charge in [0.2, 0.25) is 0 Å². The summed E-state index contributed by atoms with van der Waals surface area (Å²) in [5.41, 5.74) is 8.51. The van der Waals surface area contributed by atoms with Gasteiger partial charge in [-0.15, -0.1) is 0 Å². The van der Waals surface area contributed by atoms with Gasteiger partial charge in [-0.05, 0) is 62.6 Å². The second-order valence-electron chi connectivity index (χ2n) is 10.5. The molecule has 0 bridgehead atoms. The predicted molar refractivity (Wildman–Crippen MR) is 148 cm³/mol. The Labute approximate surface area is 224 Å². The van der Waals surface area contributed by atoms with E-state index in [4.69, 9.17) is 22.3 Å². The molecule has 1 saturated heterocycles. The highest BCUT2D eigenvalue weighted by molar-refractivity contribution is 7.99. The molecule has 0 radical (unpaired) electrons. The molecule has 3 heterocycles. The first-order chi connectivity index (χ1) is 17.2. The molecule has 1 aliphatic heterocycles. The fraction of sp³-hybridized carbons (Fsp3) is 0.423. The molecule has 1 aliphatic carbocycles. The molecule has 1 unspecified atom stereocenters. The predicted octanol–water partition coefficient (Wildman–Crippen LogP) is 5.19. The number of nitrogens with two attached hydrogens (primary N) is 1. The number of nitrogen functional groups attached to an aromatic ring is 1. The number of hydrogen-bond acceptors (Lipinski definition) is 7. The normalized spacial score (nSPS) is 19.9. The number of rotatable bonds is 5. The monoisotopic (exact) mass is 542 g/mol. The number of hydrogen-bond donors (Lipinski definition) is 2. The van der Waals surface area contributed by atoms with Gasteiger partial charge in [0, 0.05) is 24.2 Å². The minimum absolute atomic E-state index is 0.0440. The summed E-state index contributed by atoms with van der Waals surface area (Å²) in [6, 6.07) is 10.5. The van der Waals surface area contributed by atoms with Crippen LogP contribution in [0, 0.1) is 5.41 Å². The molecule has 5 rings (SSSR count). The maximum absolute atomic E-state index is 13.1. The minimum Gasteiger partial charge on any atom is -0.382 e. The zero-order valence-electron chi connectivity index (χ0n) is 20.7. The number of piperidine rings is 1. The van der Waals surface area contributed by atoms with Crippen LogP contribution in [0.5, 0.6) is 0 Å². The summed E-state index contributed by atoms with van der Waals surface area (Å²) in [6.07, 6.45) is 8.23. The average Bonchev–Trinajstić information content (AvgIpc) is 3.15. The van der Waals surface area contributed by atoms with Crippen LogP contribution in [0.1, 0.15) is 50.8 Å². The Bertz CT molecular complexity index is 1270. The van der Waals surface area contributed by atoms with Gasteiger partial charge in [0.15, 0.2) is 0 Å². The molecule has 10 heteroatoms. The van der Waals surface area contributed by atoms with Crippen molar-refractivity contribution in [3.63, 3.8) is 0 Å². The van der Waals surface area contributed by atoms with Crippen LogP contribution in [0.4, 0.5) is 11.6 Å². The Morgan fingerprint density at radius 1 is 1.14 bits per heavy atom. The first-order valence-corrected chi connectivity index (χ1v) is 14.4. The minimum atomic E-state index is -1.14. The van der Waals surface area contributed by atoms with Crippen LogP contribution < -0.4 is 15.4 Å². The van der Waals surface area contributed by atoms with Crippen LogP contribution >= 0.6 is 23.4 Å². The standard InChI is InChI=1S/C26H31ClN6OS2/c1-25(2,3)36(34)32-23-18-7-5-4-6-17(18)14-26(23)9-12-33(13-10-26)20-15-31-21(16-30-20)35-19-8-11-29-24(28)22(19)27/h4-8,11,15-16,23,32H,9-10,12-14H2,1-3H3,(H2,28,29)/t23-,36?/m1/s1. The van der Waals surface area contributed by atoms with E-state index in [1.165, 1.54) is 22.9 Å². The lowest BCUT2D eigenvalue weighted by Crippen LogP contribution is -2.48. The molecule has 1 fully saturated rings. The molecule has 0 saturated carbocycles. The second kappa shape index (κ2) is 9.93. The van der Waals surface area contributed by atoms with Crippen LogP contribution in [0.3, 0.4) is 0 Å². The van der Waals surface area contributed by atoms with Crippen molar-refractivity contribution in [2.45, 2.75) is 60.7 Å². The summed E-state index contributed by atoms with van der Waals surface area (Å²) in [5, 5.41) is 1.18. The molecule has 3 N–H and O–H groups in total. The highest BCUT2D eigenvalue weighted by atomic mass is 35.5. The Morgan fingerprint density at radius 3 is 2.58 bits per heavy atom. The van der Waals surface area contributed by atoms with Crippen molar-refractivity contribution in [1.29, 1.82) is 0 Å². The van der Waals surface area contributed by atoms with Crippen molar-refractivity contribution >= 4 is 46.0 Å². The molecular weight excluding hydrogens is 512 g/mol. The van der Waals surface area contributed by atoms with Gasteiger partial charge in [-0.3, -0.25) is 0 Å². The summed E-state index contributed by atoms with van der Waals surface area (Å²) in [7, 11) is -1.14. The molecule has 190 valence electrons. The maximum atomic E-state index is 13.1. The van der Waals surface area contributed by atoms with E-state index in [0.717, 1.165) is 48.1 Å². The Hall–Kier alpha value is -2.20. The van der Waals surface area contributed by atoms with Crippen LogP contribution in [-0.2, 0) is 17.4 Å². The van der Waals surface area contributed by atoms with Gasteiger partial charge < -0.3 is 10.6 Å². The van der Waals surface area contributed by atoms with E-state index in [2.05, 4.69) is 43.9 Å². The molecule has 0 amide bonds. The molecule has 1 spiro atoms. The average molecular weight is 543 g/mol. The lowest BCUT2D eigenvalue weighted by Gasteiger charge is -2.44. The number of fused-ring (bicyclic) bond motifs is 1. The highest BCUT2D eigenvalue weighted by Crippen LogP contribution is 2.52. The highest BCUT2D eigenvalue weighted by Gasteiger charge is 2.48. The number of anilines is 2. The van der Waals surface area contributed by atoms with Crippen LogP contribution in [-0.4, -0.2) is 37.0 Å². The quantitative estimate of drug-likeness (QED) is 0.457. The lowest BCUT2D eigenvalue weighted by molar-refractivity contribution is 0.177. The summed E-state index contributed by atoms with van der Waals surface area (Å²) in [5.74, 6) is 1.18. The molecule has 7 nitrogen and oxygen atoms in total. The number of pyridine rings is 1. The Balaban J connectivity index is 1.29. The summed E-state index contributed by atoms with van der Waals surface area (Å²) < 4.78 is 16.3. The van der Waals surface area contributed by atoms with Crippen molar-refractivity contribution in [3.05, 3.63) is 65.1 Å². The first kappa shape index (κ1) is 25.4. The van der Waals surface area contributed by atoms with E-state index >= 15 is 0 Å². The molecule has 2 aromatic heterocycles. The number of halogens is 1. The summed E-state index contributed by atoms with van der Waals surface area (Å²) in [4.78, 5) is 16.4. The van der Waals surface area contributed by atoms with E-state index in [1.807, 2.05) is 33.0 Å². The van der Waals surface area contributed by atoms with Crippen LogP contribution in [0.2, 0.25) is 5.02 Å². The zero-order chi connectivity index (χ0) is 25.5. The molecule has 2 aliphatic rings. The van der Waals surface area contributed by atoms with Gasteiger partial charge in [0.25, 0.3) is 0 Å². The molecule has 1 aromatic carbocycles. The van der Waals surface area contributed by atoms with E-state index < -0.39 is 11.0 Å². The fourth-order valence-corrected chi connectivity index (χ4v) is 7.00. The van der Waals surface area contributed by atoms with Gasteiger partial charge >= 0.3 is 0 Å². The van der Waals surface area contributed by atoms with Gasteiger partial charge in [-0.25, -0.2) is 23.9 Å². The zero-order valence-corrected chi connectivity index (χ0v) is 23.1. The fourth-order valence-electron chi connectivity index (χ4n) is 5.07. The van der Waals surface area contributed by atoms with Crippen molar-refractivity contribution in [3.8, 4) is 0 Å². The number of aromatic nitrogens is 3. The van der Waals surface area contributed by atoms with E-state index in [-0.39, 0.29) is 16.2 Å². The molecular formula is C26H31ClN6OS2. The Morgan fingerprint density at radius 2 is 1.89 bits per heavy atom. The smallest absolute Gasteiger partial charge is 0.147 e. The third kappa shape index (κ3) is 4.98. The van der Waals surface area contributed by atoms with Crippen LogP contribution in [0.15, 0.2) is 58.8 Å². The second-order valence-corrected chi connectivity index (χ2v) is 13.9. The van der Waals surface area contributed by atoms with Crippen molar-refractivity contribution in [2.24, 2.45) is 5.41 Å². The summed E-state index contributed by atoms with van der Waals surface area (Å²) in [6.45, 7) is 7.81. The SMILES string of the molecule is CC(C)(C)S(=O)N[C@@H]1c2ccccc2CC12CCN(c1cnc(Sc3ccnc(N)c3Cl)cn1)CC2. The third-order valence-electron chi connectivity index (χ3n) is 7.10.